The van der Waals surface area contributed by atoms with Gasteiger partial charge in [-0.25, -0.2) is 4.79 Å². The summed E-state index contributed by atoms with van der Waals surface area (Å²) >= 11 is 0. The summed E-state index contributed by atoms with van der Waals surface area (Å²) in [4.78, 5) is 33.1. The van der Waals surface area contributed by atoms with Crippen molar-refractivity contribution < 1.29 is 29.0 Å². The molecule has 6 nitrogen and oxygen atoms in total. The van der Waals surface area contributed by atoms with E-state index < -0.39 is 24.0 Å². The van der Waals surface area contributed by atoms with Crippen molar-refractivity contribution in [1.29, 1.82) is 0 Å². The lowest BCUT2D eigenvalue weighted by Gasteiger charge is -2.13. The Hall–Kier alpha value is -2.37. The number of hydrogen-bond acceptors (Lipinski definition) is 5. The molecule has 1 N–H and O–H groups in total. The molecule has 0 radical (unpaired) electrons. The fourth-order valence-corrected chi connectivity index (χ4v) is 1.35. The highest BCUT2D eigenvalue weighted by molar-refractivity contribution is 5.89. The minimum absolute atomic E-state index is 0.100. The zero-order valence-corrected chi connectivity index (χ0v) is 11.1. The van der Waals surface area contributed by atoms with E-state index in [2.05, 4.69) is 0 Å². The molecule has 1 rings (SSSR count). The topological polar surface area (TPSA) is 89.9 Å². The van der Waals surface area contributed by atoms with Crippen molar-refractivity contribution in [3.8, 4) is 0 Å². The molecule has 0 amide bonds. The Bertz CT molecular complexity index is 468. The number of aliphatic carboxylic acids is 1. The van der Waals surface area contributed by atoms with E-state index in [0.29, 0.717) is 5.56 Å². The Labute approximate surface area is 116 Å². The van der Waals surface area contributed by atoms with E-state index in [1.807, 2.05) is 0 Å². The number of hydrogen-bond donors (Lipinski definition) is 1. The Balaban J connectivity index is 2.30. The molecule has 20 heavy (non-hydrogen) atoms. The summed E-state index contributed by atoms with van der Waals surface area (Å²) in [6.07, 6.45) is -1.08. The summed E-state index contributed by atoms with van der Waals surface area (Å²) in [5, 5.41) is 8.41. The number of carbonyl (C=O) groups is 3. The summed E-state index contributed by atoms with van der Waals surface area (Å²) in [5.74, 6) is -2.19. The number of carboxylic acids is 1. The molecule has 0 fully saturated rings. The summed E-state index contributed by atoms with van der Waals surface area (Å²) in [5.41, 5.74) is 0.413. The molecule has 108 valence electrons. The molecule has 0 spiro atoms. The van der Waals surface area contributed by atoms with Crippen LogP contribution in [0, 0.1) is 0 Å². The average Bonchev–Trinajstić information content (AvgIpc) is 2.43. The van der Waals surface area contributed by atoms with Gasteiger partial charge in [0.25, 0.3) is 0 Å². The van der Waals surface area contributed by atoms with Crippen molar-refractivity contribution in [2.75, 3.05) is 6.61 Å². The number of ether oxygens (including phenoxy) is 2. The Morgan fingerprint density at radius 3 is 2.40 bits per heavy atom. The maximum absolute atomic E-state index is 11.7. The van der Waals surface area contributed by atoms with Crippen LogP contribution < -0.4 is 0 Å². The van der Waals surface area contributed by atoms with Gasteiger partial charge in [-0.15, -0.1) is 0 Å². The van der Waals surface area contributed by atoms with Gasteiger partial charge in [0.05, 0.1) is 18.4 Å². The minimum Gasteiger partial charge on any atom is -0.481 e. The molecule has 0 aromatic heterocycles. The molecule has 1 aromatic carbocycles. The third-order valence-electron chi connectivity index (χ3n) is 2.34. The fourth-order valence-electron chi connectivity index (χ4n) is 1.35. The van der Waals surface area contributed by atoms with Gasteiger partial charge >= 0.3 is 17.9 Å². The third kappa shape index (κ3) is 5.99. The van der Waals surface area contributed by atoms with Crippen LogP contribution in [0.3, 0.4) is 0 Å². The van der Waals surface area contributed by atoms with E-state index in [9.17, 15) is 14.4 Å². The van der Waals surface area contributed by atoms with Gasteiger partial charge in [-0.05, 0) is 19.1 Å². The molecule has 1 atom stereocenters. The molecule has 0 saturated carbocycles. The lowest BCUT2D eigenvalue weighted by Crippen LogP contribution is -2.22. The first-order valence-electron chi connectivity index (χ1n) is 6.12. The van der Waals surface area contributed by atoms with Gasteiger partial charge in [-0.1, -0.05) is 18.2 Å². The minimum atomic E-state index is -1.06. The second-order valence-corrected chi connectivity index (χ2v) is 4.16. The fraction of sp³-hybridized carbons (Fsp3) is 0.357. The Morgan fingerprint density at radius 2 is 1.80 bits per heavy atom. The van der Waals surface area contributed by atoms with E-state index in [4.69, 9.17) is 14.6 Å². The van der Waals surface area contributed by atoms with E-state index >= 15 is 0 Å². The van der Waals surface area contributed by atoms with Crippen molar-refractivity contribution >= 4 is 17.9 Å². The number of benzene rings is 1. The molecule has 0 aliphatic heterocycles. The second kappa shape index (κ2) is 7.93. The quantitative estimate of drug-likeness (QED) is 0.764. The Kier molecular flexibility index (Phi) is 6.22. The van der Waals surface area contributed by atoms with Crippen molar-refractivity contribution in [2.45, 2.75) is 25.9 Å². The lowest BCUT2D eigenvalue weighted by molar-refractivity contribution is -0.149. The van der Waals surface area contributed by atoms with Crippen LogP contribution in [-0.2, 0) is 19.1 Å². The van der Waals surface area contributed by atoms with E-state index in [0.717, 1.165) is 0 Å². The largest absolute Gasteiger partial charge is 0.481 e. The standard InChI is InChI=1S/C14H16O6/c1-10(9-19-13(17)8-7-12(15)16)20-14(18)11-5-3-2-4-6-11/h2-6,10H,7-9H2,1H3,(H,15,16). The van der Waals surface area contributed by atoms with E-state index in [1.54, 1.807) is 37.3 Å². The number of carboxylic acid groups (broad SMARTS) is 1. The van der Waals surface area contributed by atoms with Gasteiger partial charge in [-0.2, -0.15) is 0 Å². The second-order valence-electron chi connectivity index (χ2n) is 4.16. The van der Waals surface area contributed by atoms with Crippen LogP contribution in [0.2, 0.25) is 0 Å². The van der Waals surface area contributed by atoms with Gasteiger partial charge in [0.15, 0.2) is 0 Å². The van der Waals surface area contributed by atoms with Gasteiger partial charge in [0, 0.05) is 0 Å². The van der Waals surface area contributed by atoms with Crippen LogP contribution in [0.25, 0.3) is 0 Å². The number of carbonyl (C=O) groups excluding carboxylic acids is 2. The molecular formula is C14H16O6. The first kappa shape index (κ1) is 15.7. The van der Waals surface area contributed by atoms with E-state index in [1.165, 1.54) is 0 Å². The molecular weight excluding hydrogens is 264 g/mol. The van der Waals surface area contributed by atoms with Crippen molar-refractivity contribution in [3.05, 3.63) is 35.9 Å². The Morgan fingerprint density at radius 1 is 1.15 bits per heavy atom. The van der Waals surface area contributed by atoms with Crippen molar-refractivity contribution in [1.82, 2.24) is 0 Å². The maximum atomic E-state index is 11.7. The summed E-state index contributed by atoms with van der Waals surface area (Å²) in [7, 11) is 0. The molecule has 0 aliphatic rings. The number of esters is 2. The zero-order valence-electron chi connectivity index (χ0n) is 11.1. The monoisotopic (exact) mass is 280 g/mol. The normalized spacial score (nSPS) is 11.4. The molecule has 0 aliphatic carbocycles. The SMILES string of the molecule is CC(COC(=O)CCC(=O)O)OC(=O)c1ccccc1. The first-order chi connectivity index (χ1) is 9.49. The van der Waals surface area contributed by atoms with Crippen LogP contribution in [0.4, 0.5) is 0 Å². The van der Waals surface area contributed by atoms with Crippen LogP contribution >= 0.6 is 0 Å². The van der Waals surface area contributed by atoms with Gasteiger partial charge in [0.2, 0.25) is 0 Å². The van der Waals surface area contributed by atoms with Crippen LogP contribution in [0.15, 0.2) is 30.3 Å². The molecule has 6 heteroatoms. The summed E-state index contributed by atoms with van der Waals surface area (Å²) in [6, 6.07) is 8.45. The van der Waals surface area contributed by atoms with Crippen molar-refractivity contribution in [3.63, 3.8) is 0 Å². The molecule has 1 aromatic rings. The smallest absolute Gasteiger partial charge is 0.338 e. The summed E-state index contributed by atoms with van der Waals surface area (Å²) < 4.78 is 9.89. The van der Waals surface area contributed by atoms with Gasteiger partial charge in [-0.3, -0.25) is 9.59 Å². The predicted molar refractivity (Wildman–Crippen MR) is 69.1 cm³/mol. The molecule has 1 unspecified atom stereocenters. The van der Waals surface area contributed by atoms with Crippen LogP contribution in [-0.4, -0.2) is 35.7 Å². The molecule has 0 bridgehead atoms. The first-order valence-corrected chi connectivity index (χ1v) is 6.12. The number of rotatable bonds is 7. The maximum Gasteiger partial charge on any atom is 0.338 e. The third-order valence-corrected chi connectivity index (χ3v) is 2.34. The summed E-state index contributed by atoms with van der Waals surface area (Å²) in [6.45, 7) is 1.49. The van der Waals surface area contributed by atoms with Crippen molar-refractivity contribution in [2.24, 2.45) is 0 Å². The van der Waals surface area contributed by atoms with Gasteiger partial charge < -0.3 is 14.6 Å². The predicted octanol–water partition coefficient (Wildman–Crippen LogP) is 1.64. The average molecular weight is 280 g/mol. The highest BCUT2D eigenvalue weighted by Gasteiger charge is 2.14. The van der Waals surface area contributed by atoms with Crippen LogP contribution in [0.1, 0.15) is 30.1 Å². The van der Waals surface area contributed by atoms with Gasteiger partial charge in [0.1, 0.15) is 12.7 Å². The molecule has 0 heterocycles. The molecule has 0 saturated heterocycles. The van der Waals surface area contributed by atoms with E-state index in [-0.39, 0.29) is 19.4 Å². The van der Waals surface area contributed by atoms with Crippen LogP contribution in [0.5, 0.6) is 0 Å². The lowest BCUT2D eigenvalue weighted by atomic mass is 10.2. The highest BCUT2D eigenvalue weighted by Crippen LogP contribution is 2.04. The highest BCUT2D eigenvalue weighted by atomic mass is 16.6. The zero-order chi connectivity index (χ0) is 15.0.